The van der Waals surface area contributed by atoms with E-state index in [9.17, 15) is 0 Å². The Morgan fingerprint density at radius 1 is 0.311 bits per heavy atom. The maximum absolute atomic E-state index is 15.6. The molecule has 0 spiro atoms. The van der Waals surface area contributed by atoms with Crippen LogP contribution in [0.2, 0.25) is 0 Å². The summed E-state index contributed by atoms with van der Waals surface area (Å²) >= 11 is -6.25. The van der Waals surface area contributed by atoms with E-state index in [4.69, 9.17) is 0 Å². The molecule has 0 fully saturated rings. The summed E-state index contributed by atoms with van der Waals surface area (Å²) in [5.41, 5.74) is 10.5. The van der Waals surface area contributed by atoms with E-state index >= 15 is 19.2 Å². The van der Waals surface area contributed by atoms with Crippen molar-refractivity contribution in [1.82, 2.24) is 0 Å². The normalized spacial score (nSPS) is 11.5. The van der Waals surface area contributed by atoms with Crippen molar-refractivity contribution in [3.63, 3.8) is 0 Å². The van der Waals surface area contributed by atoms with Gasteiger partial charge in [0.2, 0.25) is 0 Å². The third kappa shape index (κ3) is 5.90. The molecular formula is C40H44O4Sn. The fourth-order valence-electron chi connectivity index (χ4n) is 7.52. The number of hydrogen-bond donors (Lipinski definition) is 0. The number of aryl methyl sites for hydroxylation is 12. The number of carbonyl (C=O) groups is 4. The number of rotatable bonds is 8. The summed E-state index contributed by atoms with van der Waals surface area (Å²) in [5.74, 6) is 0. The van der Waals surface area contributed by atoms with E-state index in [1.54, 1.807) is 0 Å². The van der Waals surface area contributed by atoms with Gasteiger partial charge in [-0.05, 0) is 0 Å². The zero-order chi connectivity index (χ0) is 33.7. The van der Waals surface area contributed by atoms with Gasteiger partial charge in [0.25, 0.3) is 0 Å². The monoisotopic (exact) mass is 708 g/mol. The molecule has 0 heterocycles. The van der Waals surface area contributed by atoms with E-state index in [0.29, 0.717) is 66.8 Å². The van der Waals surface area contributed by atoms with Gasteiger partial charge in [0.15, 0.2) is 0 Å². The van der Waals surface area contributed by atoms with Crippen molar-refractivity contribution >= 4 is 33.6 Å². The molecule has 0 aliphatic carbocycles. The molecule has 4 rings (SSSR count). The van der Waals surface area contributed by atoms with E-state index in [1.807, 2.05) is 132 Å². The molecule has 0 amide bonds. The van der Waals surface area contributed by atoms with Crippen molar-refractivity contribution in [2.75, 3.05) is 0 Å². The Kier molecular flexibility index (Phi) is 9.61. The number of hydrogen-bond acceptors (Lipinski definition) is 4. The molecule has 4 aromatic rings. The zero-order valence-electron chi connectivity index (χ0n) is 28.8. The molecule has 0 atom stereocenters. The third-order valence-electron chi connectivity index (χ3n) is 8.98. The molecule has 45 heavy (non-hydrogen) atoms. The maximum atomic E-state index is 15.6. The molecule has 0 saturated heterocycles. The standard InChI is InChI=1S/4C10H11O.Sn/c4*1-7-4-8(2)10(6-11)9(3)5-7;/h4*4-5H,1-3H3;. The summed E-state index contributed by atoms with van der Waals surface area (Å²) in [4.78, 5) is 62.3. The van der Waals surface area contributed by atoms with Crippen LogP contribution in [0.5, 0.6) is 0 Å². The third-order valence-corrected chi connectivity index (χ3v) is 19.6. The van der Waals surface area contributed by atoms with Gasteiger partial charge in [0, 0.05) is 0 Å². The molecule has 0 saturated carbocycles. The van der Waals surface area contributed by atoms with E-state index in [1.165, 1.54) is 0 Å². The summed E-state index contributed by atoms with van der Waals surface area (Å²) in [6, 6.07) is 15.1. The van der Waals surface area contributed by atoms with Gasteiger partial charge in [-0.3, -0.25) is 0 Å². The first-order valence-electron chi connectivity index (χ1n) is 15.4. The van der Waals surface area contributed by atoms with Crippen LogP contribution in [-0.2, 0) is 0 Å². The second kappa shape index (κ2) is 12.6. The van der Waals surface area contributed by atoms with E-state index < -0.39 is 33.6 Å². The summed E-state index contributed by atoms with van der Waals surface area (Å²) in [5, 5.41) is 0. The molecule has 0 aromatic heterocycles. The zero-order valence-corrected chi connectivity index (χ0v) is 31.6. The van der Waals surface area contributed by atoms with Crippen LogP contribution in [-0.4, -0.2) is 33.6 Å². The minimum atomic E-state index is -6.25. The molecule has 4 nitrogen and oxygen atoms in total. The van der Waals surface area contributed by atoms with Crippen LogP contribution in [0.25, 0.3) is 0 Å². The van der Waals surface area contributed by atoms with E-state index in [2.05, 4.69) is 0 Å². The van der Waals surface area contributed by atoms with Gasteiger partial charge in [0.05, 0.1) is 0 Å². The van der Waals surface area contributed by atoms with Gasteiger partial charge in [-0.25, -0.2) is 0 Å². The quantitative estimate of drug-likeness (QED) is 0.172. The molecule has 0 N–H and O–H groups in total. The molecule has 0 aliphatic rings. The van der Waals surface area contributed by atoms with Crippen molar-refractivity contribution in [3.8, 4) is 0 Å². The van der Waals surface area contributed by atoms with Crippen molar-refractivity contribution in [3.05, 3.63) is 138 Å². The minimum absolute atomic E-state index is 0.318. The topological polar surface area (TPSA) is 68.3 Å². The number of benzene rings is 4. The molecule has 4 aromatic carbocycles. The van der Waals surface area contributed by atoms with Crippen molar-refractivity contribution in [2.24, 2.45) is 0 Å². The average Bonchev–Trinajstić information content (AvgIpc) is 2.86. The van der Waals surface area contributed by atoms with E-state index in [0.717, 1.165) is 22.3 Å². The Morgan fingerprint density at radius 2 is 0.444 bits per heavy atom. The predicted molar refractivity (Wildman–Crippen MR) is 186 cm³/mol. The van der Waals surface area contributed by atoms with E-state index in [-0.39, 0.29) is 0 Å². The van der Waals surface area contributed by atoms with Gasteiger partial charge in [-0.1, -0.05) is 0 Å². The first-order valence-corrected chi connectivity index (χ1v) is 21.1. The van der Waals surface area contributed by atoms with Crippen molar-refractivity contribution in [1.29, 1.82) is 0 Å². The summed E-state index contributed by atoms with van der Waals surface area (Å²) < 4.78 is -2.29. The summed E-state index contributed by atoms with van der Waals surface area (Å²) in [6.07, 6.45) is 0. The van der Waals surface area contributed by atoms with Gasteiger partial charge in [0.1, 0.15) is 0 Å². The fraction of sp³-hybridized carbons (Fsp3) is 0.300. The molecule has 5 heteroatoms. The van der Waals surface area contributed by atoms with Crippen LogP contribution in [0, 0.1) is 83.1 Å². The van der Waals surface area contributed by atoms with Crippen molar-refractivity contribution in [2.45, 2.75) is 83.1 Å². The van der Waals surface area contributed by atoms with Crippen LogP contribution in [0.4, 0.5) is 0 Å². The Bertz CT molecular complexity index is 1570. The Labute approximate surface area is 272 Å². The van der Waals surface area contributed by atoms with Gasteiger partial charge < -0.3 is 0 Å². The SMILES string of the molecule is Cc1cc(C)c([C](=O)[Sn]([C](=O)c2c(C)cc(C)cc2C)([C](=O)c2c(C)cc(C)cc2C)[C](=O)c2c(C)cc(C)cc2C)c(C)c1. The van der Waals surface area contributed by atoms with Gasteiger partial charge in [-0.2, -0.15) is 0 Å². The van der Waals surface area contributed by atoms with Crippen LogP contribution < -0.4 is 0 Å². The molecular weight excluding hydrogens is 663 g/mol. The van der Waals surface area contributed by atoms with Crippen molar-refractivity contribution < 1.29 is 19.2 Å². The first-order chi connectivity index (χ1) is 20.9. The van der Waals surface area contributed by atoms with Crippen LogP contribution >= 0.6 is 0 Å². The van der Waals surface area contributed by atoms with Gasteiger partial charge in [-0.15, -0.1) is 0 Å². The summed E-state index contributed by atoms with van der Waals surface area (Å²) in [7, 11) is 0. The molecule has 0 bridgehead atoms. The molecule has 232 valence electrons. The van der Waals surface area contributed by atoms with Gasteiger partial charge >= 0.3 is 273 Å². The van der Waals surface area contributed by atoms with Crippen LogP contribution in [0.15, 0.2) is 48.5 Å². The van der Waals surface area contributed by atoms with Crippen LogP contribution in [0.3, 0.4) is 0 Å². The Morgan fingerprint density at radius 3 is 0.578 bits per heavy atom. The second-order valence-electron chi connectivity index (χ2n) is 13.2. The fourth-order valence-corrected chi connectivity index (χ4v) is 19.8. The molecule has 0 unspecified atom stereocenters. The Balaban J connectivity index is 2.29. The molecule has 0 radical (unpaired) electrons. The van der Waals surface area contributed by atoms with Crippen LogP contribution in [0.1, 0.15) is 108 Å². The Hall–Kier alpha value is -3.64. The second-order valence-corrected chi connectivity index (χ2v) is 22.6. The molecule has 0 aliphatic heterocycles. The number of carbonyl (C=O) groups excluding carboxylic acids is 4. The summed E-state index contributed by atoms with van der Waals surface area (Å²) in [6.45, 7) is 22.4. The predicted octanol–water partition coefficient (Wildman–Crippen LogP) is 8.82. The average molecular weight is 707 g/mol. The first kappa shape index (κ1) is 34.2.